The number of aryl methyl sites for hydroxylation is 1. The highest BCUT2D eigenvalue weighted by atomic mass is 19.2. The smallest absolute Gasteiger partial charge is 0.200 e. The molecule has 0 aromatic heterocycles. The minimum absolute atomic E-state index is 0.176. The average molecular weight is 450 g/mol. The summed E-state index contributed by atoms with van der Waals surface area (Å²) in [6.45, 7) is 0. The lowest BCUT2D eigenvalue weighted by Gasteiger charge is -2.33. The van der Waals surface area contributed by atoms with Gasteiger partial charge in [-0.3, -0.25) is 0 Å². The van der Waals surface area contributed by atoms with Crippen LogP contribution in [0, 0.1) is 58.2 Å². The zero-order valence-electron chi connectivity index (χ0n) is 15.0. The molecule has 0 bridgehead atoms. The van der Waals surface area contributed by atoms with E-state index in [1.54, 1.807) is 0 Å². The second-order valence-electron chi connectivity index (χ2n) is 6.95. The Bertz CT molecular complexity index is 1120. The van der Waals surface area contributed by atoms with Gasteiger partial charge in [-0.25, -0.2) is 43.9 Å². The summed E-state index contributed by atoms with van der Waals surface area (Å²) in [5, 5.41) is 0. The zero-order valence-corrected chi connectivity index (χ0v) is 15.0. The molecule has 0 fully saturated rings. The molecule has 0 N–H and O–H groups in total. The van der Waals surface area contributed by atoms with Crippen molar-refractivity contribution in [3.05, 3.63) is 105 Å². The topological polar surface area (TPSA) is 0 Å². The first kappa shape index (κ1) is 21.2. The Morgan fingerprint density at radius 3 is 1.26 bits per heavy atom. The molecule has 0 aliphatic heterocycles. The van der Waals surface area contributed by atoms with Crippen LogP contribution in [-0.4, -0.2) is 0 Å². The van der Waals surface area contributed by atoms with Crippen LogP contribution in [0.5, 0.6) is 0 Å². The van der Waals surface area contributed by atoms with E-state index in [1.807, 2.05) is 0 Å². The van der Waals surface area contributed by atoms with Crippen LogP contribution >= 0.6 is 0 Å². The summed E-state index contributed by atoms with van der Waals surface area (Å²) >= 11 is 0. The fourth-order valence-electron chi connectivity index (χ4n) is 4.22. The summed E-state index contributed by atoms with van der Waals surface area (Å²) in [4.78, 5) is 0. The summed E-state index contributed by atoms with van der Waals surface area (Å²) < 4.78 is 142. The van der Waals surface area contributed by atoms with Crippen molar-refractivity contribution in [3.8, 4) is 0 Å². The van der Waals surface area contributed by atoms with E-state index in [0.717, 1.165) is 6.07 Å². The highest BCUT2D eigenvalue weighted by Gasteiger charge is 2.52. The maximum Gasteiger partial charge on any atom is 0.200 e. The van der Waals surface area contributed by atoms with Gasteiger partial charge < -0.3 is 0 Å². The highest BCUT2D eigenvalue weighted by Crippen LogP contribution is 2.53. The maximum atomic E-state index is 14.8. The van der Waals surface area contributed by atoms with Crippen molar-refractivity contribution >= 4 is 0 Å². The van der Waals surface area contributed by atoms with Crippen LogP contribution in [-0.2, 0) is 11.8 Å². The van der Waals surface area contributed by atoms with Crippen molar-refractivity contribution in [1.82, 2.24) is 0 Å². The third kappa shape index (κ3) is 2.63. The quantitative estimate of drug-likeness (QED) is 0.242. The number of hydrogen-bond acceptors (Lipinski definition) is 0. The van der Waals surface area contributed by atoms with Gasteiger partial charge in [-0.15, -0.1) is 0 Å². The van der Waals surface area contributed by atoms with Crippen molar-refractivity contribution in [3.63, 3.8) is 0 Å². The molecule has 3 aromatic carbocycles. The van der Waals surface area contributed by atoms with Gasteiger partial charge in [0.05, 0.1) is 5.41 Å². The fraction of sp³-hybridized carbons (Fsp3) is 0.143. The van der Waals surface area contributed by atoms with Crippen LogP contribution in [0.1, 0.15) is 28.7 Å². The minimum atomic E-state index is -2.87. The van der Waals surface area contributed by atoms with Crippen LogP contribution < -0.4 is 0 Å². The number of hydrogen-bond donors (Lipinski definition) is 0. The van der Waals surface area contributed by atoms with Crippen molar-refractivity contribution < 1.29 is 43.9 Å². The van der Waals surface area contributed by atoms with Gasteiger partial charge in [0.1, 0.15) is 0 Å². The van der Waals surface area contributed by atoms with Gasteiger partial charge in [0.2, 0.25) is 11.6 Å². The Balaban J connectivity index is 2.27. The van der Waals surface area contributed by atoms with E-state index < -0.39 is 81.1 Å². The van der Waals surface area contributed by atoms with Gasteiger partial charge in [0.15, 0.2) is 46.5 Å². The number of rotatable bonds is 2. The monoisotopic (exact) mass is 450 g/mol. The lowest BCUT2D eigenvalue weighted by molar-refractivity contribution is 0.336. The number of fused-ring (bicyclic) bond motifs is 1. The van der Waals surface area contributed by atoms with Crippen LogP contribution in [0.15, 0.2) is 24.3 Å². The predicted molar refractivity (Wildman–Crippen MR) is 87.1 cm³/mol. The summed E-state index contributed by atoms with van der Waals surface area (Å²) in [5.74, 6) is -24.5. The van der Waals surface area contributed by atoms with Gasteiger partial charge in [0, 0.05) is 11.1 Å². The zero-order chi connectivity index (χ0) is 22.8. The molecule has 0 radical (unpaired) electrons. The summed E-state index contributed by atoms with van der Waals surface area (Å²) in [7, 11) is 0. The second kappa shape index (κ2) is 7.00. The molecular formula is C21H8F10. The standard InChI is InChI=1S/C21H8F10/c22-11-9(12(23)16(27)19(30)15(11)26)21(6-5-7-3-1-2-4-8(7)21)10-13(24)17(28)20(31)18(29)14(10)25/h1-4H,5-6H2. The largest absolute Gasteiger partial charge is 0.203 e. The maximum absolute atomic E-state index is 14.8. The molecule has 0 nitrogen and oxygen atoms in total. The van der Waals surface area contributed by atoms with Crippen LogP contribution in [0.3, 0.4) is 0 Å². The summed E-state index contributed by atoms with van der Waals surface area (Å²) in [6, 6.07) is 5.07. The Morgan fingerprint density at radius 1 is 0.484 bits per heavy atom. The number of benzene rings is 3. The van der Waals surface area contributed by atoms with Crippen molar-refractivity contribution in [2.24, 2.45) is 0 Å². The van der Waals surface area contributed by atoms with E-state index in [1.165, 1.54) is 18.2 Å². The predicted octanol–water partition coefficient (Wildman–Crippen LogP) is 6.36. The lowest BCUT2D eigenvalue weighted by Crippen LogP contribution is -2.34. The van der Waals surface area contributed by atoms with Gasteiger partial charge in [-0.05, 0) is 24.0 Å². The van der Waals surface area contributed by atoms with Gasteiger partial charge in [0.25, 0.3) is 0 Å². The Hall–Kier alpha value is -3.04. The van der Waals surface area contributed by atoms with Crippen LogP contribution in [0.2, 0.25) is 0 Å². The third-order valence-corrected chi connectivity index (χ3v) is 5.52. The molecule has 0 atom stereocenters. The molecule has 10 heteroatoms. The van der Waals surface area contributed by atoms with E-state index >= 15 is 0 Å². The molecule has 0 saturated heterocycles. The Kier molecular flexibility index (Phi) is 4.79. The molecule has 3 aromatic rings. The second-order valence-corrected chi connectivity index (χ2v) is 6.95. The average Bonchev–Trinajstić information content (AvgIpc) is 3.14. The molecule has 1 aliphatic carbocycles. The van der Waals surface area contributed by atoms with E-state index in [2.05, 4.69) is 0 Å². The molecule has 1 aliphatic rings. The van der Waals surface area contributed by atoms with Gasteiger partial charge in [-0.2, -0.15) is 0 Å². The normalized spacial score (nSPS) is 14.8. The van der Waals surface area contributed by atoms with Crippen molar-refractivity contribution in [1.29, 1.82) is 0 Å². The molecule has 4 rings (SSSR count). The van der Waals surface area contributed by atoms with E-state index in [4.69, 9.17) is 0 Å². The lowest BCUT2D eigenvalue weighted by atomic mass is 9.69. The first-order valence-corrected chi connectivity index (χ1v) is 8.67. The minimum Gasteiger partial charge on any atom is -0.203 e. The molecule has 162 valence electrons. The molecule has 0 spiro atoms. The van der Waals surface area contributed by atoms with Crippen LogP contribution in [0.25, 0.3) is 0 Å². The molecule has 0 unspecified atom stereocenters. The summed E-state index contributed by atoms with van der Waals surface area (Å²) in [5.41, 5.74) is -6.44. The highest BCUT2D eigenvalue weighted by molar-refractivity contribution is 5.58. The van der Waals surface area contributed by atoms with Crippen LogP contribution in [0.4, 0.5) is 43.9 Å². The molecule has 0 saturated carbocycles. The first-order chi connectivity index (χ1) is 14.6. The Labute approximate surface area is 167 Å². The van der Waals surface area contributed by atoms with Crippen molar-refractivity contribution in [2.45, 2.75) is 18.3 Å². The molecule has 0 amide bonds. The number of halogens is 10. The molecule has 31 heavy (non-hydrogen) atoms. The molecule has 0 heterocycles. The molecular weight excluding hydrogens is 442 g/mol. The first-order valence-electron chi connectivity index (χ1n) is 8.67. The van der Waals surface area contributed by atoms with E-state index in [0.29, 0.717) is 0 Å². The van der Waals surface area contributed by atoms with Gasteiger partial charge in [-0.1, -0.05) is 24.3 Å². The summed E-state index contributed by atoms with van der Waals surface area (Å²) in [6.07, 6.45) is -0.918. The van der Waals surface area contributed by atoms with Crippen molar-refractivity contribution in [2.75, 3.05) is 0 Å². The fourth-order valence-corrected chi connectivity index (χ4v) is 4.22. The SMILES string of the molecule is Fc1c(F)c(F)c(C2(c3c(F)c(F)c(F)c(F)c3F)CCc3ccccc32)c(F)c1F. The Morgan fingerprint density at radius 2 is 0.839 bits per heavy atom. The third-order valence-electron chi connectivity index (χ3n) is 5.52. The van der Waals surface area contributed by atoms with E-state index in [9.17, 15) is 43.9 Å². The van der Waals surface area contributed by atoms with E-state index in [-0.39, 0.29) is 17.5 Å². The van der Waals surface area contributed by atoms with Gasteiger partial charge >= 0.3 is 0 Å².